The molecular formula is C13H8ClN. The summed E-state index contributed by atoms with van der Waals surface area (Å²) in [6.07, 6.45) is 0. The SMILES string of the molecule is N#Cc1cccc(Cl)c1-c1ccccc1. The normalized spacial score (nSPS) is 9.60. The second-order valence-corrected chi connectivity index (χ2v) is 3.55. The molecule has 0 atom stereocenters. The average molecular weight is 214 g/mol. The second-order valence-electron chi connectivity index (χ2n) is 3.14. The molecule has 15 heavy (non-hydrogen) atoms. The zero-order valence-electron chi connectivity index (χ0n) is 7.94. The average Bonchev–Trinajstić information content (AvgIpc) is 2.29. The maximum Gasteiger partial charge on any atom is 0.0998 e. The van der Waals surface area contributed by atoms with Gasteiger partial charge in [0.25, 0.3) is 0 Å². The Balaban J connectivity index is 2.68. The van der Waals surface area contributed by atoms with E-state index in [1.54, 1.807) is 18.2 Å². The summed E-state index contributed by atoms with van der Waals surface area (Å²) in [5.74, 6) is 0. The van der Waals surface area contributed by atoms with Gasteiger partial charge in [-0.05, 0) is 17.7 Å². The van der Waals surface area contributed by atoms with Gasteiger partial charge in [0.05, 0.1) is 11.6 Å². The Hall–Kier alpha value is -1.78. The summed E-state index contributed by atoms with van der Waals surface area (Å²) in [4.78, 5) is 0. The van der Waals surface area contributed by atoms with Crippen molar-refractivity contribution in [2.75, 3.05) is 0 Å². The number of nitrogens with zero attached hydrogens (tertiary/aromatic N) is 1. The first-order valence-electron chi connectivity index (χ1n) is 4.57. The van der Waals surface area contributed by atoms with E-state index in [1.807, 2.05) is 30.3 Å². The fourth-order valence-electron chi connectivity index (χ4n) is 1.52. The smallest absolute Gasteiger partial charge is 0.0998 e. The molecule has 0 fully saturated rings. The summed E-state index contributed by atoms with van der Waals surface area (Å²) in [5.41, 5.74) is 2.38. The third-order valence-electron chi connectivity index (χ3n) is 2.20. The Labute approximate surface area is 93.5 Å². The number of benzene rings is 2. The van der Waals surface area contributed by atoms with E-state index in [4.69, 9.17) is 16.9 Å². The molecule has 2 aromatic carbocycles. The zero-order chi connectivity index (χ0) is 10.7. The van der Waals surface area contributed by atoms with Crippen LogP contribution in [0.2, 0.25) is 5.02 Å². The molecule has 0 saturated carbocycles. The third-order valence-corrected chi connectivity index (χ3v) is 2.51. The molecule has 0 N–H and O–H groups in total. The van der Waals surface area contributed by atoms with Gasteiger partial charge in [-0.25, -0.2) is 0 Å². The maximum atomic E-state index is 9.00. The van der Waals surface area contributed by atoms with E-state index in [9.17, 15) is 0 Å². The highest BCUT2D eigenvalue weighted by Crippen LogP contribution is 2.30. The first kappa shape index (κ1) is 9.76. The van der Waals surface area contributed by atoms with Crippen LogP contribution in [0, 0.1) is 11.3 Å². The predicted octanol–water partition coefficient (Wildman–Crippen LogP) is 3.88. The molecule has 0 spiro atoms. The zero-order valence-corrected chi connectivity index (χ0v) is 8.70. The molecule has 0 aliphatic carbocycles. The van der Waals surface area contributed by atoms with Crippen molar-refractivity contribution in [1.82, 2.24) is 0 Å². The van der Waals surface area contributed by atoms with Crippen LogP contribution < -0.4 is 0 Å². The first-order chi connectivity index (χ1) is 7.33. The van der Waals surface area contributed by atoms with Crippen molar-refractivity contribution >= 4 is 11.6 Å². The summed E-state index contributed by atoms with van der Waals surface area (Å²) < 4.78 is 0. The molecule has 0 bridgehead atoms. The Morgan fingerprint density at radius 1 is 0.933 bits per heavy atom. The van der Waals surface area contributed by atoms with Crippen molar-refractivity contribution in [3.8, 4) is 17.2 Å². The molecule has 0 saturated heterocycles. The van der Waals surface area contributed by atoms with Crippen LogP contribution in [0.4, 0.5) is 0 Å². The Morgan fingerprint density at radius 3 is 2.33 bits per heavy atom. The van der Waals surface area contributed by atoms with E-state index in [-0.39, 0.29) is 0 Å². The molecule has 2 rings (SSSR count). The highest BCUT2D eigenvalue weighted by molar-refractivity contribution is 6.33. The molecule has 72 valence electrons. The molecule has 0 aliphatic heterocycles. The molecule has 0 aliphatic rings. The standard InChI is InChI=1S/C13H8ClN/c14-12-8-4-7-11(9-15)13(12)10-5-2-1-3-6-10/h1-8H. The Bertz CT molecular complexity index is 512. The molecule has 0 amide bonds. The van der Waals surface area contributed by atoms with Crippen molar-refractivity contribution in [2.24, 2.45) is 0 Å². The maximum absolute atomic E-state index is 9.00. The molecule has 2 heteroatoms. The fraction of sp³-hybridized carbons (Fsp3) is 0. The van der Waals surface area contributed by atoms with Crippen LogP contribution >= 0.6 is 11.6 Å². The van der Waals surface area contributed by atoms with Gasteiger partial charge >= 0.3 is 0 Å². The number of hydrogen-bond donors (Lipinski definition) is 0. The third kappa shape index (κ3) is 1.86. The highest BCUT2D eigenvalue weighted by atomic mass is 35.5. The minimum absolute atomic E-state index is 0.605. The van der Waals surface area contributed by atoms with E-state index >= 15 is 0 Å². The van der Waals surface area contributed by atoms with Gasteiger partial charge in [0.1, 0.15) is 0 Å². The monoisotopic (exact) mass is 213 g/mol. The lowest BCUT2D eigenvalue weighted by atomic mass is 10.0. The van der Waals surface area contributed by atoms with Gasteiger partial charge in [-0.3, -0.25) is 0 Å². The number of halogens is 1. The number of hydrogen-bond acceptors (Lipinski definition) is 1. The van der Waals surface area contributed by atoms with Crippen LogP contribution in [-0.4, -0.2) is 0 Å². The summed E-state index contributed by atoms with van der Waals surface area (Å²) in [6.45, 7) is 0. The van der Waals surface area contributed by atoms with Gasteiger partial charge in [-0.1, -0.05) is 48.0 Å². The number of nitriles is 1. The van der Waals surface area contributed by atoms with Crippen LogP contribution in [-0.2, 0) is 0 Å². The summed E-state index contributed by atoms with van der Waals surface area (Å²) in [6, 6.07) is 17.2. The quantitative estimate of drug-likeness (QED) is 0.705. The van der Waals surface area contributed by atoms with Crippen LogP contribution in [0.3, 0.4) is 0 Å². The summed E-state index contributed by atoms with van der Waals surface area (Å²) in [5, 5.41) is 9.61. The number of rotatable bonds is 1. The van der Waals surface area contributed by atoms with Gasteiger partial charge in [-0.15, -0.1) is 0 Å². The van der Waals surface area contributed by atoms with E-state index in [1.165, 1.54) is 0 Å². The lowest BCUT2D eigenvalue weighted by Gasteiger charge is -2.05. The van der Waals surface area contributed by atoms with Gasteiger partial charge in [-0.2, -0.15) is 5.26 Å². The van der Waals surface area contributed by atoms with Crippen molar-refractivity contribution in [1.29, 1.82) is 5.26 Å². The minimum Gasteiger partial charge on any atom is -0.192 e. The first-order valence-corrected chi connectivity index (χ1v) is 4.95. The highest BCUT2D eigenvalue weighted by Gasteiger charge is 2.07. The molecule has 0 unspecified atom stereocenters. The summed E-state index contributed by atoms with van der Waals surface area (Å²) >= 11 is 6.09. The molecule has 2 aromatic rings. The molecular weight excluding hydrogens is 206 g/mol. The van der Waals surface area contributed by atoms with Crippen molar-refractivity contribution in [3.05, 3.63) is 59.1 Å². The Kier molecular flexibility index (Phi) is 2.71. The molecule has 1 nitrogen and oxygen atoms in total. The second kappa shape index (κ2) is 4.16. The van der Waals surface area contributed by atoms with Crippen molar-refractivity contribution < 1.29 is 0 Å². The van der Waals surface area contributed by atoms with Crippen molar-refractivity contribution in [2.45, 2.75) is 0 Å². The summed E-state index contributed by atoms with van der Waals surface area (Å²) in [7, 11) is 0. The lowest BCUT2D eigenvalue weighted by molar-refractivity contribution is 1.48. The van der Waals surface area contributed by atoms with E-state index < -0.39 is 0 Å². The fourth-order valence-corrected chi connectivity index (χ4v) is 1.80. The molecule has 0 radical (unpaired) electrons. The van der Waals surface area contributed by atoms with Crippen LogP contribution in [0.25, 0.3) is 11.1 Å². The van der Waals surface area contributed by atoms with Gasteiger partial charge in [0.15, 0.2) is 0 Å². The van der Waals surface area contributed by atoms with Crippen molar-refractivity contribution in [3.63, 3.8) is 0 Å². The van der Waals surface area contributed by atoms with Gasteiger partial charge < -0.3 is 0 Å². The molecule has 0 aromatic heterocycles. The van der Waals surface area contributed by atoms with E-state index in [0.717, 1.165) is 11.1 Å². The van der Waals surface area contributed by atoms with Gasteiger partial charge in [0.2, 0.25) is 0 Å². The predicted molar refractivity (Wildman–Crippen MR) is 61.6 cm³/mol. The Morgan fingerprint density at radius 2 is 1.67 bits per heavy atom. The minimum atomic E-state index is 0.605. The van der Waals surface area contributed by atoms with E-state index in [2.05, 4.69) is 6.07 Å². The lowest BCUT2D eigenvalue weighted by Crippen LogP contribution is -1.84. The van der Waals surface area contributed by atoms with Crippen LogP contribution in [0.5, 0.6) is 0 Å². The van der Waals surface area contributed by atoms with Crippen LogP contribution in [0.15, 0.2) is 48.5 Å². The largest absolute Gasteiger partial charge is 0.192 e. The van der Waals surface area contributed by atoms with Gasteiger partial charge in [0, 0.05) is 10.6 Å². The molecule has 0 heterocycles. The van der Waals surface area contributed by atoms with E-state index in [0.29, 0.717) is 10.6 Å². The van der Waals surface area contributed by atoms with Crippen LogP contribution in [0.1, 0.15) is 5.56 Å². The topological polar surface area (TPSA) is 23.8 Å².